The van der Waals surface area contributed by atoms with E-state index in [4.69, 9.17) is 27.5 Å². The van der Waals surface area contributed by atoms with Crippen molar-refractivity contribution in [3.63, 3.8) is 0 Å². The van der Waals surface area contributed by atoms with E-state index >= 15 is 0 Å². The average Bonchev–Trinajstić information content (AvgIpc) is 2.70. The first-order chi connectivity index (χ1) is 14.4. The SMILES string of the molecule is C#CCOc1ccc(C=NNC(=O)CC(=O)Nc2ccc(C)c(Cl)c2)cc1OCC. The number of halogens is 1. The predicted molar refractivity (Wildman–Crippen MR) is 117 cm³/mol. The molecular formula is C22H22ClN3O4. The number of carbonyl (C=O) groups excluding carboxylic acids is 2. The molecule has 0 unspecified atom stereocenters. The maximum atomic E-state index is 12.0. The molecule has 2 N–H and O–H groups in total. The second-order valence-electron chi connectivity index (χ2n) is 6.11. The van der Waals surface area contributed by atoms with Crippen LogP contribution < -0.4 is 20.2 Å². The highest BCUT2D eigenvalue weighted by molar-refractivity contribution is 6.31. The number of amides is 2. The Labute approximate surface area is 180 Å². The van der Waals surface area contributed by atoms with Gasteiger partial charge in [-0.1, -0.05) is 23.6 Å². The Bertz CT molecular complexity index is 983. The lowest BCUT2D eigenvalue weighted by Crippen LogP contribution is -2.24. The minimum absolute atomic E-state index is 0.125. The molecule has 8 heteroatoms. The van der Waals surface area contributed by atoms with Gasteiger partial charge in [0.1, 0.15) is 13.0 Å². The molecule has 0 aromatic heterocycles. The van der Waals surface area contributed by atoms with Crippen LogP contribution in [0.2, 0.25) is 5.02 Å². The van der Waals surface area contributed by atoms with E-state index in [1.165, 1.54) is 6.21 Å². The number of carbonyl (C=O) groups is 2. The first-order valence-electron chi connectivity index (χ1n) is 9.14. The van der Waals surface area contributed by atoms with E-state index in [0.29, 0.717) is 34.4 Å². The summed E-state index contributed by atoms with van der Waals surface area (Å²) < 4.78 is 10.9. The summed E-state index contributed by atoms with van der Waals surface area (Å²) in [4.78, 5) is 23.9. The summed E-state index contributed by atoms with van der Waals surface area (Å²) in [6, 6.07) is 10.3. The maximum absolute atomic E-state index is 12.0. The van der Waals surface area contributed by atoms with Crippen LogP contribution in [0.25, 0.3) is 0 Å². The second kappa shape index (κ2) is 11.5. The minimum atomic E-state index is -0.555. The molecule has 2 amide bonds. The Kier molecular flexibility index (Phi) is 8.73. The highest BCUT2D eigenvalue weighted by Gasteiger charge is 2.10. The van der Waals surface area contributed by atoms with E-state index in [1.54, 1.807) is 36.4 Å². The molecule has 0 atom stereocenters. The molecule has 0 aliphatic heterocycles. The van der Waals surface area contributed by atoms with Crippen LogP contribution in [0.5, 0.6) is 11.5 Å². The summed E-state index contributed by atoms with van der Waals surface area (Å²) in [7, 11) is 0. The van der Waals surface area contributed by atoms with Crippen molar-refractivity contribution < 1.29 is 19.1 Å². The summed E-state index contributed by atoms with van der Waals surface area (Å²) >= 11 is 6.02. The molecule has 7 nitrogen and oxygen atoms in total. The van der Waals surface area contributed by atoms with Crippen molar-refractivity contribution in [2.75, 3.05) is 18.5 Å². The van der Waals surface area contributed by atoms with Crippen LogP contribution in [0.1, 0.15) is 24.5 Å². The number of hydrogen-bond acceptors (Lipinski definition) is 5. The van der Waals surface area contributed by atoms with E-state index in [9.17, 15) is 9.59 Å². The predicted octanol–water partition coefficient (Wildman–Crippen LogP) is 3.54. The highest BCUT2D eigenvalue weighted by atomic mass is 35.5. The van der Waals surface area contributed by atoms with Gasteiger partial charge in [-0.2, -0.15) is 5.10 Å². The van der Waals surface area contributed by atoms with Gasteiger partial charge < -0.3 is 14.8 Å². The van der Waals surface area contributed by atoms with Crippen molar-refractivity contribution in [1.82, 2.24) is 5.43 Å². The zero-order chi connectivity index (χ0) is 21.9. The lowest BCUT2D eigenvalue weighted by molar-refractivity contribution is -0.126. The van der Waals surface area contributed by atoms with Gasteiger partial charge in [-0.25, -0.2) is 5.43 Å². The van der Waals surface area contributed by atoms with Crippen LogP contribution in [0.3, 0.4) is 0 Å². The number of terminal acetylenes is 1. The van der Waals surface area contributed by atoms with Crippen molar-refractivity contribution in [2.24, 2.45) is 5.10 Å². The number of aryl methyl sites for hydroxylation is 1. The Hall–Kier alpha value is -3.50. The number of ether oxygens (including phenoxy) is 2. The van der Waals surface area contributed by atoms with Crippen LogP contribution in [0.4, 0.5) is 5.69 Å². The zero-order valence-electron chi connectivity index (χ0n) is 16.7. The topological polar surface area (TPSA) is 89.0 Å². The van der Waals surface area contributed by atoms with Crippen molar-refractivity contribution in [1.29, 1.82) is 0 Å². The Balaban J connectivity index is 1.90. The van der Waals surface area contributed by atoms with Gasteiger partial charge in [-0.15, -0.1) is 6.42 Å². The van der Waals surface area contributed by atoms with Gasteiger partial charge >= 0.3 is 0 Å². The van der Waals surface area contributed by atoms with Crippen molar-refractivity contribution in [3.05, 3.63) is 52.5 Å². The van der Waals surface area contributed by atoms with E-state index in [1.807, 2.05) is 13.8 Å². The Morgan fingerprint density at radius 2 is 1.97 bits per heavy atom. The fourth-order valence-corrected chi connectivity index (χ4v) is 2.53. The van der Waals surface area contributed by atoms with E-state index in [2.05, 4.69) is 21.8 Å². The highest BCUT2D eigenvalue weighted by Crippen LogP contribution is 2.28. The molecule has 0 spiro atoms. The minimum Gasteiger partial charge on any atom is -0.490 e. The second-order valence-corrected chi connectivity index (χ2v) is 6.52. The quantitative estimate of drug-likeness (QED) is 0.277. The van der Waals surface area contributed by atoms with E-state index in [0.717, 1.165) is 5.56 Å². The number of nitrogens with one attached hydrogen (secondary N) is 2. The molecule has 0 saturated carbocycles. The number of anilines is 1. The van der Waals surface area contributed by atoms with Gasteiger partial charge in [0.05, 0.1) is 12.8 Å². The summed E-state index contributed by atoms with van der Waals surface area (Å²) in [5, 5.41) is 7.01. The molecule has 0 saturated heterocycles. The number of hydrazone groups is 1. The number of nitrogens with zero attached hydrogens (tertiary/aromatic N) is 1. The van der Waals surface area contributed by atoms with E-state index in [-0.39, 0.29) is 13.0 Å². The molecule has 30 heavy (non-hydrogen) atoms. The van der Waals surface area contributed by atoms with Crippen molar-refractivity contribution >= 4 is 35.3 Å². The van der Waals surface area contributed by atoms with Crippen molar-refractivity contribution in [2.45, 2.75) is 20.3 Å². The fraction of sp³-hybridized carbons (Fsp3) is 0.227. The van der Waals surface area contributed by atoms with Gasteiger partial charge in [-0.3, -0.25) is 9.59 Å². The van der Waals surface area contributed by atoms with Gasteiger partial charge in [0.15, 0.2) is 11.5 Å². The maximum Gasteiger partial charge on any atom is 0.249 e. The summed E-state index contributed by atoms with van der Waals surface area (Å²) in [5.41, 5.74) is 4.40. The molecule has 2 aromatic rings. The molecule has 0 radical (unpaired) electrons. The molecule has 0 fully saturated rings. The first kappa shape index (κ1) is 22.8. The van der Waals surface area contributed by atoms with Crippen LogP contribution in [-0.2, 0) is 9.59 Å². The molecule has 0 bridgehead atoms. The standard InChI is InChI=1S/C22H22ClN3O4/c1-4-10-30-19-9-7-16(11-20(19)29-5-2)14-24-26-22(28)13-21(27)25-17-8-6-15(3)18(23)12-17/h1,6-9,11-12,14H,5,10,13H2,2-3H3,(H,25,27)(H,26,28). The van der Waals surface area contributed by atoms with Crippen LogP contribution in [0.15, 0.2) is 41.5 Å². The van der Waals surface area contributed by atoms with Crippen molar-refractivity contribution in [3.8, 4) is 23.8 Å². The third kappa shape index (κ3) is 7.15. The van der Waals surface area contributed by atoms with Crippen LogP contribution >= 0.6 is 11.6 Å². The van der Waals surface area contributed by atoms with Gasteiger partial charge in [-0.05, 0) is 55.3 Å². The van der Waals surface area contributed by atoms with Gasteiger partial charge in [0.25, 0.3) is 0 Å². The number of benzene rings is 2. The Morgan fingerprint density at radius 1 is 1.17 bits per heavy atom. The largest absolute Gasteiger partial charge is 0.490 e. The monoisotopic (exact) mass is 427 g/mol. The first-order valence-corrected chi connectivity index (χ1v) is 9.51. The van der Waals surface area contributed by atoms with Gasteiger partial charge in [0, 0.05) is 10.7 Å². The lowest BCUT2D eigenvalue weighted by Gasteiger charge is -2.10. The third-order valence-electron chi connectivity index (χ3n) is 3.76. The molecule has 0 heterocycles. The van der Waals surface area contributed by atoms with Gasteiger partial charge in [0.2, 0.25) is 11.8 Å². The summed E-state index contributed by atoms with van der Waals surface area (Å²) in [6.07, 6.45) is 6.25. The van der Waals surface area contributed by atoms with Crippen LogP contribution in [-0.4, -0.2) is 31.2 Å². The lowest BCUT2D eigenvalue weighted by atomic mass is 10.2. The molecular weight excluding hydrogens is 406 g/mol. The molecule has 0 aliphatic carbocycles. The normalized spacial score (nSPS) is 10.3. The average molecular weight is 428 g/mol. The summed E-state index contributed by atoms with van der Waals surface area (Å²) in [5.74, 6) is 2.39. The Morgan fingerprint density at radius 3 is 2.67 bits per heavy atom. The molecule has 2 rings (SSSR count). The number of rotatable bonds is 9. The molecule has 0 aliphatic rings. The molecule has 2 aromatic carbocycles. The molecule has 156 valence electrons. The van der Waals surface area contributed by atoms with E-state index < -0.39 is 11.8 Å². The third-order valence-corrected chi connectivity index (χ3v) is 4.17. The number of hydrogen-bond donors (Lipinski definition) is 2. The summed E-state index contributed by atoms with van der Waals surface area (Å²) in [6.45, 7) is 4.28. The smallest absolute Gasteiger partial charge is 0.249 e. The fourth-order valence-electron chi connectivity index (χ4n) is 2.35. The van der Waals surface area contributed by atoms with Crippen LogP contribution in [0, 0.1) is 19.3 Å². The zero-order valence-corrected chi connectivity index (χ0v) is 17.5.